The van der Waals surface area contributed by atoms with Gasteiger partial charge in [-0.15, -0.1) is 13.2 Å². The molecule has 0 saturated heterocycles. The quantitative estimate of drug-likeness (QED) is 0.0496. The number of nitrogens with one attached hydrogen (secondary N) is 4. The molecule has 4 amide bonds. The fourth-order valence-electron chi connectivity index (χ4n) is 4.66. The van der Waals surface area contributed by atoms with E-state index in [-0.39, 0.29) is 45.7 Å². The first kappa shape index (κ1) is 41.0. The fraction of sp³-hybridized carbons (Fsp3) is 0.432. The molecule has 50 heavy (non-hydrogen) atoms. The van der Waals surface area contributed by atoms with Crippen LogP contribution in [0.3, 0.4) is 0 Å². The molecule has 13 heteroatoms. The molecule has 0 aliphatic carbocycles. The van der Waals surface area contributed by atoms with Crippen LogP contribution >= 0.6 is 0 Å². The van der Waals surface area contributed by atoms with Crippen molar-refractivity contribution in [3.8, 4) is 0 Å². The Hall–Kier alpha value is -5.17. The summed E-state index contributed by atoms with van der Waals surface area (Å²) in [7, 11) is 0. The lowest BCUT2D eigenvalue weighted by Crippen LogP contribution is -2.46. The highest BCUT2D eigenvalue weighted by Gasteiger charge is 2.26. The van der Waals surface area contributed by atoms with Crippen LogP contribution in [-0.2, 0) is 41.8 Å². The monoisotopic (exact) mass is 694 g/mol. The van der Waals surface area contributed by atoms with Crippen LogP contribution in [-0.4, -0.2) is 73.0 Å². The van der Waals surface area contributed by atoms with Crippen LogP contribution in [0.2, 0.25) is 0 Å². The van der Waals surface area contributed by atoms with E-state index in [4.69, 9.17) is 14.2 Å². The zero-order chi connectivity index (χ0) is 36.6. The van der Waals surface area contributed by atoms with Crippen LogP contribution in [0.25, 0.3) is 0 Å². The van der Waals surface area contributed by atoms with E-state index >= 15 is 0 Å². The van der Waals surface area contributed by atoms with Crippen molar-refractivity contribution in [3.63, 3.8) is 0 Å². The number of alkyl carbamates (subject to hydrolysis) is 2. The smallest absolute Gasteiger partial charge is 0.408 e. The standard InChI is InChI=1S/C37H50N4O9/c1-4-14-30(22-33(43)39-27(3)23-42)34(44)40-31(20-12-13-21-38-36(46)49-24-28-16-8-6-9-17-28)26-48-35(45)32(15-5-2)41-37(47)50-25-29-18-10-7-11-19-29/h4-11,16-19,27,30-32,42H,1-2,12-15,20-26H2,3H3,(H,38,46)(H,39,43)(H,40,44)(H,41,47)/t27-,30+,31-,32+/m0/s1. The number of ether oxygens (including phenoxy) is 3. The molecule has 0 radical (unpaired) electrons. The maximum absolute atomic E-state index is 13.3. The maximum atomic E-state index is 13.3. The average Bonchev–Trinajstić information content (AvgIpc) is 3.12. The van der Waals surface area contributed by atoms with Crippen LogP contribution in [0.1, 0.15) is 56.6 Å². The van der Waals surface area contributed by atoms with Crippen molar-refractivity contribution in [3.05, 3.63) is 97.1 Å². The minimum atomic E-state index is -1.08. The van der Waals surface area contributed by atoms with Gasteiger partial charge in [0.25, 0.3) is 0 Å². The predicted molar refractivity (Wildman–Crippen MR) is 187 cm³/mol. The van der Waals surface area contributed by atoms with Crippen molar-refractivity contribution in [2.45, 2.75) is 76.8 Å². The first-order valence-electron chi connectivity index (χ1n) is 16.7. The zero-order valence-electron chi connectivity index (χ0n) is 28.6. The van der Waals surface area contributed by atoms with Gasteiger partial charge in [0.05, 0.1) is 18.6 Å². The summed E-state index contributed by atoms with van der Waals surface area (Å²) in [5, 5.41) is 20.0. The number of hydrogen-bond acceptors (Lipinski definition) is 9. The molecule has 2 rings (SSSR count). The number of aliphatic hydroxyl groups is 1. The molecular formula is C37H50N4O9. The lowest BCUT2D eigenvalue weighted by Gasteiger charge is -2.24. The van der Waals surface area contributed by atoms with Crippen LogP contribution < -0.4 is 21.3 Å². The summed E-state index contributed by atoms with van der Waals surface area (Å²) in [6, 6.07) is 16.1. The molecule has 0 aliphatic heterocycles. The lowest BCUT2D eigenvalue weighted by molar-refractivity contribution is -0.147. The number of benzene rings is 2. The third kappa shape index (κ3) is 17.3. The van der Waals surface area contributed by atoms with Crippen LogP contribution in [0.15, 0.2) is 86.0 Å². The Balaban J connectivity index is 1.98. The highest BCUT2D eigenvalue weighted by molar-refractivity contribution is 5.86. The predicted octanol–water partition coefficient (Wildman–Crippen LogP) is 4.06. The van der Waals surface area contributed by atoms with E-state index in [0.29, 0.717) is 25.8 Å². The SMILES string of the molecule is C=CC[C@H](CC(=O)N[C@@H](C)CO)C(=O)N[C@@H](CCCCNC(=O)OCc1ccccc1)COC(=O)[C@@H](CC=C)NC(=O)OCc1ccccc1. The Bertz CT molecular complexity index is 1360. The average molecular weight is 695 g/mol. The van der Waals surface area contributed by atoms with Crippen molar-refractivity contribution in [2.24, 2.45) is 5.92 Å². The number of esters is 1. The van der Waals surface area contributed by atoms with Crippen molar-refractivity contribution in [2.75, 3.05) is 19.8 Å². The number of unbranched alkanes of at least 4 members (excludes halogenated alkanes) is 1. The normalized spacial score (nSPS) is 12.9. The third-order valence-corrected chi connectivity index (χ3v) is 7.36. The molecule has 0 saturated carbocycles. The molecule has 0 fully saturated rings. The van der Waals surface area contributed by atoms with Gasteiger partial charge >= 0.3 is 18.2 Å². The Morgan fingerprint density at radius 2 is 1.38 bits per heavy atom. The second kappa shape index (κ2) is 24.0. The van der Waals surface area contributed by atoms with Gasteiger partial charge in [0.15, 0.2) is 0 Å². The van der Waals surface area contributed by atoms with Gasteiger partial charge in [0.1, 0.15) is 25.9 Å². The van der Waals surface area contributed by atoms with E-state index in [9.17, 15) is 29.1 Å². The summed E-state index contributed by atoms with van der Waals surface area (Å²) in [4.78, 5) is 63.4. The number of carbonyl (C=O) groups excluding carboxylic acids is 5. The number of amides is 4. The molecule has 2 aromatic carbocycles. The Morgan fingerprint density at radius 3 is 1.96 bits per heavy atom. The minimum absolute atomic E-state index is 0.0129. The van der Waals surface area contributed by atoms with Gasteiger partial charge in [-0.2, -0.15) is 0 Å². The Morgan fingerprint density at radius 1 is 0.780 bits per heavy atom. The third-order valence-electron chi connectivity index (χ3n) is 7.36. The molecule has 272 valence electrons. The highest BCUT2D eigenvalue weighted by atomic mass is 16.6. The van der Waals surface area contributed by atoms with E-state index in [1.54, 1.807) is 19.1 Å². The fourth-order valence-corrected chi connectivity index (χ4v) is 4.66. The molecule has 5 N–H and O–H groups in total. The minimum Gasteiger partial charge on any atom is -0.462 e. The summed E-state index contributed by atoms with van der Waals surface area (Å²) < 4.78 is 16.0. The second-order valence-electron chi connectivity index (χ2n) is 11.7. The number of rotatable bonds is 23. The summed E-state index contributed by atoms with van der Waals surface area (Å²) in [6.07, 6.45) is 3.21. The van der Waals surface area contributed by atoms with Crippen molar-refractivity contribution in [1.82, 2.24) is 21.3 Å². The first-order valence-corrected chi connectivity index (χ1v) is 16.7. The second-order valence-corrected chi connectivity index (χ2v) is 11.7. The molecular weight excluding hydrogens is 644 g/mol. The van der Waals surface area contributed by atoms with Gasteiger partial charge in [-0.25, -0.2) is 14.4 Å². The molecule has 0 aliphatic rings. The summed E-state index contributed by atoms with van der Waals surface area (Å²) in [6.45, 7) is 8.98. The van der Waals surface area contributed by atoms with E-state index in [2.05, 4.69) is 34.4 Å². The number of allylic oxidation sites excluding steroid dienone is 1. The van der Waals surface area contributed by atoms with Crippen LogP contribution in [0, 0.1) is 5.92 Å². The van der Waals surface area contributed by atoms with E-state index in [1.807, 2.05) is 48.5 Å². The lowest BCUT2D eigenvalue weighted by atomic mass is 9.98. The summed E-state index contributed by atoms with van der Waals surface area (Å²) in [5.74, 6) is -2.35. The molecule has 0 bridgehead atoms. The van der Waals surface area contributed by atoms with Crippen LogP contribution in [0.4, 0.5) is 9.59 Å². The molecule has 2 aromatic rings. The molecule has 0 unspecified atom stereocenters. The first-order chi connectivity index (χ1) is 24.1. The van der Waals surface area contributed by atoms with Gasteiger partial charge < -0.3 is 40.6 Å². The Labute approximate surface area is 293 Å². The topological polar surface area (TPSA) is 181 Å². The van der Waals surface area contributed by atoms with Gasteiger partial charge in [0.2, 0.25) is 11.8 Å². The number of carbonyl (C=O) groups is 5. The van der Waals surface area contributed by atoms with Gasteiger partial charge in [0, 0.05) is 19.0 Å². The van der Waals surface area contributed by atoms with Crippen LogP contribution in [0.5, 0.6) is 0 Å². The maximum Gasteiger partial charge on any atom is 0.408 e. The van der Waals surface area contributed by atoms with Gasteiger partial charge in [-0.1, -0.05) is 72.8 Å². The summed E-state index contributed by atoms with van der Waals surface area (Å²) >= 11 is 0. The van der Waals surface area contributed by atoms with Gasteiger partial charge in [-0.05, 0) is 50.2 Å². The molecule has 0 spiro atoms. The number of aliphatic hydroxyl groups excluding tert-OH is 1. The number of hydrogen-bond donors (Lipinski definition) is 5. The van der Waals surface area contributed by atoms with Crippen molar-refractivity contribution in [1.29, 1.82) is 0 Å². The molecule has 0 aromatic heterocycles. The highest BCUT2D eigenvalue weighted by Crippen LogP contribution is 2.13. The summed E-state index contributed by atoms with van der Waals surface area (Å²) in [5.41, 5.74) is 1.64. The van der Waals surface area contributed by atoms with E-state index in [0.717, 1.165) is 11.1 Å². The van der Waals surface area contributed by atoms with Crippen molar-refractivity contribution >= 4 is 30.0 Å². The van der Waals surface area contributed by atoms with Crippen molar-refractivity contribution < 1.29 is 43.3 Å². The molecule has 0 heterocycles. The van der Waals surface area contributed by atoms with E-state index in [1.165, 1.54) is 12.2 Å². The zero-order valence-corrected chi connectivity index (χ0v) is 28.6. The Kier molecular flexibility index (Phi) is 19.7. The molecule has 4 atom stereocenters. The van der Waals surface area contributed by atoms with Gasteiger partial charge in [-0.3, -0.25) is 9.59 Å². The largest absolute Gasteiger partial charge is 0.462 e. The van der Waals surface area contributed by atoms with E-state index < -0.39 is 54.0 Å². The molecule has 13 nitrogen and oxygen atoms in total.